The molecule has 10 heteroatoms. The molecular formula is C9H9F6N3O. The highest BCUT2D eigenvalue weighted by atomic mass is 19.4. The summed E-state index contributed by atoms with van der Waals surface area (Å²) < 4.78 is 76.9. The monoisotopic (exact) mass is 289 g/mol. The lowest BCUT2D eigenvalue weighted by atomic mass is 10.3. The maximum absolute atomic E-state index is 12.2. The first kappa shape index (κ1) is 15.5. The Hall–Kier alpha value is -1.55. The van der Waals surface area contributed by atoms with E-state index in [2.05, 4.69) is 15.1 Å². The zero-order valence-electron chi connectivity index (χ0n) is 9.22. The van der Waals surface area contributed by atoms with Gasteiger partial charge in [-0.25, -0.2) is 0 Å². The second kappa shape index (κ2) is 5.61. The van der Waals surface area contributed by atoms with Crippen LogP contribution in [0.15, 0.2) is 18.3 Å². The molecule has 0 aliphatic heterocycles. The summed E-state index contributed by atoms with van der Waals surface area (Å²) in [6.45, 7) is -0.945. The number of nitrogens with zero attached hydrogens (tertiary/aromatic N) is 1. The minimum Gasteiger partial charge on any atom is -0.354 e. The van der Waals surface area contributed by atoms with Crippen LogP contribution in [0.2, 0.25) is 0 Å². The number of hydrogen-bond donors (Lipinski definition) is 2. The molecule has 1 rings (SSSR count). The van der Waals surface area contributed by atoms with Gasteiger partial charge in [-0.2, -0.15) is 26.3 Å². The topological polar surface area (TPSA) is 60.2 Å². The van der Waals surface area contributed by atoms with Crippen molar-refractivity contribution >= 4 is 5.69 Å². The molecule has 0 atom stereocenters. The van der Waals surface area contributed by atoms with E-state index in [1.165, 1.54) is 18.3 Å². The van der Waals surface area contributed by atoms with E-state index in [4.69, 9.17) is 5.84 Å². The lowest BCUT2D eigenvalue weighted by molar-refractivity contribution is -0.324. The fourth-order valence-corrected chi connectivity index (χ4v) is 1.19. The summed E-state index contributed by atoms with van der Waals surface area (Å²) in [5, 5.41) is 0. The Bertz CT molecular complexity index is 405. The molecule has 0 saturated carbocycles. The molecule has 1 heterocycles. The molecule has 108 valence electrons. The van der Waals surface area contributed by atoms with E-state index in [1.54, 1.807) is 0 Å². The van der Waals surface area contributed by atoms with Crippen molar-refractivity contribution in [3.8, 4) is 0 Å². The lowest BCUT2D eigenvalue weighted by Crippen LogP contribution is -2.44. The molecule has 0 aromatic carbocycles. The number of nitrogens with one attached hydrogen (secondary N) is 1. The second-order valence-corrected chi connectivity index (χ2v) is 3.45. The lowest BCUT2D eigenvalue weighted by Gasteiger charge is -2.22. The first-order valence-electron chi connectivity index (χ1n) is 4.81. The van der Waals surface area contributed by atoms with E-state index in [0.29, 0.717) is 0 Å². The van der Waals surface area contributed by atoms with E-state index in [9.17, 15) is 26.3 Å². The molecule has 0 aliphatic rings. The predicted molar refractivity (Wildman–Crippen MR) is 52.7 cm³/mol. The molecular weight excluding hydrogens is 280 g/mol. The van der Waals surface area contributed by atoms with Gasteiger partial charge in [0, 0.05) is 6.20 Å². The smallest absolute Gasteiger partial charge is 0.354 e. The average Bonchev–Trinajstić information content (AvgIpc) is 2.26. The van der Waals surface area contributed by atoms with Crippen LogP contribution in [0.3, 0.4) is 0 Å². The Kier molecular flexibility index (Phi) is 4.58. The number of ether oxygens (including phenoxy) is 1. The van der Waals surface area contributed by atoms with Gasteiger partial charge in [0.2, 0.25) is 6.10 Å². The standard InChI is InChI=1S/C9H9F6N3O/c10-8(11,12)7(9(13,14)15)19-4-6-3-5(18-16)1-2-17-6/h1-3,7H,4,16H2,(H,17,18). The van der Waals surface area contributed by atoms with Gasteiger partial charge in [-0.1, -0.05) is 0 Å². The highest BCUT2D eigenvalue weighted by Crippen LogP contribution is 2.36. The maximum atomic E-state index is 12.2. The minimum absolute atomic E-state index is 0.117. The number of pyridine rings is 1. The number of nitrogen functional groups attached to an aromatic ring is 1. The molecule has 0 amide bonds. The zero-order valence-corrected chi connectivity index (χ0v) is 9.22. The largest absolute Gasteiger partial charge is 0.423 e. The number of hydrazine groups is 1. The highest BCUT2D eigenvalue weighted by Gasteiger charge is 2.57. The quantitative estimate of drug-likeness (QED) is 0.507. The van der Waals surface area contributed by atoms with Crippen LogP contribution in [-0.4, -0.2) is 23.4 Å². The number of hydrogen-bond acceptors (Lipinski definition) is 4. The van der Waals surface area contributed by atoms with E-state index < -0.39 is 25.1 Å². The molecule has 1 aromatic rings. The molecule has 0 radical (unpaired) electrons. The average molecular weight is 289 g/mol. The maximum Gasteiger partial charge on any atom is 0.423 e. The van der Waals surface area contributed by atoms with Crippen molar-refractivity contribution in [2.75, 3.05) is 5.43 Å². The van der Waals surface area contributed by atoms with Crippen LogP contribution in [0.5, 0.6) is 0 Å². The van der Waals surface area contributed by atoms with Gasteiger partial charge in [-0.3, -0.25) is 10.8 Å². The van der Waals surface area contributed by atoms with Crippen molar-refractivity contribution in [1.82, 2.24) is 4.98 Å². The molecule has 0 saturated heterocycles. The summed E-state index contributed by atoms with van der Waals surface area (Å²) in [7, 11) is 0. The fourth-order valence-electron chi connectivity index (χ4n) is 1.19. The number of aromatic nitrogens is 1. The molecule has 19 heavy (non-hydrogen) atoms. The second-order valence-electron chi connectivity index (χ2n) is 3.45. The third kappa shape index (κ3) is 4.56. The molecule has 3 N–H and O–H groups in total. The number of anilines is 1. The third-order valence-corrected chi connectivity index (χ3v) is 1.98. The summed E-state index contributed by atoms with van der Waals surface area (Å²) in [6.07, 6.45) is -13.8. The Morgan fingerprint density at radius 1 is 1.21 bits per heavy atom. The third-order valence-electron chi connectivity index (χ3n) is 1.98. The summed E-state index contributed by atoms with van der Waals surface area (Å²) in [5.41, 5.74) is 2.34. The molecule has 0 bridgehead atoms. The number of rotatable bonds is 4. The van der Waals surface area contributed by atoms with Crippen LogP contribution < -0.4 is 11.3 Å². The van der Waals surface area contributed by atoms with Crippen molar-refractivity contribution in [3.05, 3.63) is 24.0 Å². The van der Waals surface area contributed by atoms with Gasteiger partial charge in [0.05, 0.1) is 18.0 Å². The van der Waals surface area contributed by atoms with Gasteiger partial charge in [0.25, 0.3) is 0 Å². The molecule has 0 unspecified atom stereocenters. The van der Waals surface area contributed by atoms with E-state index in [-0.39, 0.29) is 11.4 Å². The number of halogens is 6. The Morgan fingerprint density at radius 3 is 2.26 bits per heavy atom. The van der Waals surface area contributed by atoms with Gasteiger partial charge in [-0.15, -0.1) is 0 Å². The van der Waals surface area contributed by atoms with E-state index >= 15 is 0 Å². The van der Waals surface area contributed by atoms with Gasteiger partial charge in [-0.05, 0) is 12.1 Å². The summed E-state index contributed by atoms with van der Waals surface area (Å²) in [4.78, 5) is 3.57. The van der Waals surface area contributed by atoms with Gasteiger partial charge in [0.1, 0.15) is 0 Å². The van der Waals surface area contributed by atoms with Crippen LogP contribution in [-0.2, 0) is 11.3 Å². The molecule has 1 aromatic heterocycles. The number of nitrogens with two attached hydrogens (primary N) is 1. The van der Waals surface area contributed by atoms with Crippen LogP contribution in [0.25, 0.3) is 0 Å². The Labute approximate surface area is 103 Å². The van der Waals surface area contributed by atoms with Crippen molar-refractivity contribution in [1.29, 1.82) is 0 Å². The Morgan fingerprint density at radius 2 is 1.79 bits per heavy atom. The predicted octanol–water partition coefficient (Wildman–Crippen LogP) is 2.38. The van der Waals surface area contributed by atoms with Gasteiger partial charge < -0.3 is 10.2 Å². The first-order chi connectivity index (χ1) is 8.64. The normalized spacial score (nSPS) is 12.8. The molecule has 0 spiro atoms. The van der Waals surface area contributed by atoms with Crippen molar-refractivity contribution in [3.63, 3.8) is 0 Å². The van der Waals surface area contributed by atoms with Gasteiger partial charge >= 0.3 is 12.4 Å². The molecule has 0 aliphatic carbocycles. The van der Waals surface area contributed by atoms with Crippen molar-refractivity contribution in [2.45, 2.75) is 25.1 Å². The van der Waals surface area contributed by atoms with E-state index in [1.807, 2.05) is 0 Å². The van der Waals surface area contributed by atoms with Crippen LogP contribution >= 0.6 is 0 Å². The Balaban J connectivity index is 2.77. The van der Waals surface area contributed by atoms with Crippen molar-refractivity contribution in [2.24, 2.45) is 5.84 Å². The minimum atomic E-state index is -5.54. The summed E-state index contributed by atoms with van der Waals surface area (Å²) in [6, 6.07) is 2.55. The SMILES string of the molecule is NNc1ccnc(COC(C(F)(F)F)C(F)(F)F)c1. The fraction of sp³-hybridized carbons (Fsp3) is 0.444. The highest BCUT2D eigenvalue weighted by molar-refractivity contribution is 5.41. The van der Waals surface area contributed by atoms with Crippen LogP contribution in [0, 0.1) is 0 Å². The van der Waals surface area contributed by atoms with Crippen LogP contribution in [0.4, 0.5) is 32.0 Å². The number of alkyl halides is 6. The first-order valence-corrected chi connectivity index (χ1v) is 4.81. The van der Waals surface area contributed by atoms with E-state index in [0.717, 1.165) is 0 Å². The zero-order chi connectivity index (χ0) is 14.7. The van der Waals surface area contributed by atoms with Gasteiger partial charge in [0.15, 0.2) is 0 Å². The van der Waals surface area contributed by atoms with Crippen LogP contribution in [0.1, 0.15) is 5.69 Å². The summed E-state index contributed by atoms with van der Waals surface area (Å²) in [5.74, 6) is 5.03. The van der Waals surface area contributed by atoms with Crippen molar-refractivity contribution < 1.29 is 31.1 Å². The molecule has 0 fully saturated rings. The molecule has 4 nitrogen and oxygen atoms in total. The summed E-state index contributed by atoms with van der Waals surface area (Å²) >= 11 is 0.